The number of alkyl halides is 3. The number of aliphatic hydroxyl groups excluding tert-OH is 1. The van der Waals surface area contributed by atoms with Crippen LogP contribution < -0.4 is 4.74 Å². The molecule has 0 spiro atoms. The molecule has 0 fully saturated rings. The largest absolute Gasteiger partial charge is 0.573 e. The molecule has 1 unspecified atom stereocenters. The first kappa shape index (κ1) is 14.3. The molecule has 5 nitrogen and oxygen atoms in total. The van der Waals surface area contributed by atoms with Gasteiger partial charge in [-0.1, -0.05) is 17.3 Å². The van der Waals surface area contributed by atoms with Crippen molar-refractivity contribution in [2.24, 2.45) is 0 Å². The molecule has 2 rings (SSSR count). The second-order valence-electron chi connectivity index (χ2n) is 4.21. The third-order valence-corrected chi connectivity index (χ3v) is 2.49. The summed E-state index contributed by atoms with van der Waals surface area (Å²) in [5, 5.41) is 16.9. The Morgan fingerprint density at radius 3 is 2.45 bits per heavy atom. The van der Waals surface area contributed by atoms with Gasteiger partial charge in [0, 0.05) is 0 Å². The quantitative estimate of drug-likeness (QED) is 0.937. The minimum Gasteiger partial charge on any atom is -0.406 e. The second-order valence-corrected chi connectivity index (χ2v) is 4.21. The zero-order valence-electron chi connectivity index (χ0n) is 10.5. The van der Waals surface area contributed by atoms with Gasteiger partial charge in [-0.05, 0) is 24.6 Å². The molecule has 0 bridgehead atoms. The predicted octanol–water partition coefficient (Wildman–Crippen LogP) is 2.28. The maximum atomic E-state index is 12.0. The zero-order valence-corrected chi connectivity index (χ0v) is 10.5. The summed E-state index contributed by atoms with van der Waals surface area (Å²) in [4.78, 5) is 0. The molecular weight excluding hydrogens is 275 g/mol. The third kappa shape index (κ3) is 3.95. The summed E-state index contributed by atoms with van der Waals surface area (Å²) in [5.74, 6) is -0.274. The standard InChI is InChI=1S/C12H12F3N3O2/c1-8(19)11-7-18(17-16-11)6-9-2-4-10(5-3-9)20-12(13,14)15/h2-5,7-8,19H,6H2,1H3. The van der Waals surface area contributed by atoms with E-state index >= 15 is 0 Å². The summed E-state index contributed by atoms with van der Waals surface area (Å²) < 4.78 is 41.3. The first-order valence-electron chi connectivity index (χ1n) is 5.76. The van der Waals surface area contributed by atoms with Gasteiger partial charge in [0.15, 0.2) is 0 Å². The molecule has 2 aromatic rings. The molecule has 0 aliphatic heterocycles. The Morgan fingerprint density at radius 2 is 1.95 bits per heavy atom. The predicted molar refractivity (Wildman–Crippen MR) is 62.9 cm³/mol. The number of benzene rings is 1. The molecule has 0 aliphatic carbocycles. The van der Waals surface area contributed by atoms with Crippen molar-refractivity contribution in [3.63, 3.8) is 0 Å². The van der Waals surface area contributed by atoms with Gasteiger partial charge >= 0.3 is 6.36 Å². The fourth-order valence-electron chi connectivity index (χ4n) is 1.57. The number of hydrogen-bond donors (Lipinski definition) is 1. The third-order valence-electron chi connectivity index (χ3n) is 2.49. The molecule has 1 atom stereocenters. The van der Waals surface area contributed by atoms with Crippen molar-refractivity contribution >= 4 is 0 Å². The van der Waals surface area contributed by atoms with Crippen LogP contribution in [0, 0.1) is 0 Å². The average Bonchev–Trinajstić information content (AvgIpc) is 2.78. The molecule has 0 saturated carbocycles. The summed E-state index contributed by atoms with van der Waals surface area (Å²) in [6.45, 7) is 1.91. The Morgan fingerprint density at radius 1 is 1.30 bits per heavy atom. The van der Waals surface area contributed by atoms with E-state index in [1.807, 2.05) is 0 Å². The van der Waals surface area contributed by atoms with Crippen molar-refractivity contribution in [3.05, 3.63) is 41.7 Å². The number of rotatable bonds is 4. The minimum absolute atomic E-state index is 0.274. The second kappa shape index (κ2) is 5.49. The van der Waals surface area contributed by atoms with Gasteiger partial charge in [0.05, 0.1) is 18.8 Å². The van der Waals surface area contributed by atoms with Crippen LogP contribution in [-0.4, -0.2) is 26.5 Å². The molecule has 8 heteroatoms. The first-order chi connectivity index (χ1) is 9.33. The lowest BCUT2D eigenvalue weighted by Crippen LogP contribution is -2.17. The van der Waals surface area contributed by atoms with E-state index in [0.717, 1.165) is 5.56 Å². The van der Waals surface area contributed by atoms with Crippen LogP contribution in [0.4, 0.5) is 13.2 Å². The van der Waals surface area contributed by atoms with Crippen LogP contribution in [0.2, 0.25) is 0 Å². The Hall–Kier alpha value is -2.09. The van der Waals surface area contributed by atoms with Gasteiger partial charge in [-0.2, -0.15) is 0 Å². The van der Waals surface area contributed by atoms with Crippen LogP contribution in [0.3, 0.4) is 0 Å². The number of halogens is 3. The van der Waals surface area contributed by atoms with Crippen molar-refractivity contribution in [3.8, 4) is 5.75 Å². The van der Waals surface area contributed by atoms with Crippen molar-refractivity contribution in [2.75, 3.05) is 0 Å². The van der Waals surface area contributed by atoms with E-state index in [4.69, 9.17) is 0 Å². The van der Waals surface area contributed by atoms with E-state index in [9.17, 15) is 18.3 Å². The van der Waals surface area contributed by atoms with E-state index in [0.29, 0.717) is 12.2 Å². The fourth-order valence-corrected chi connectivity index (χ4v) is 1.57. The molecule has 20 heavy (non-hydrogen) atoms. The van der Waals surface area contributed by atoms with Gasteiger partial charge in [0.2, 0.25) is 0 Å². The lowest BCUT2D eigenvalue weighted by molar-refractivity contribution is -0.274. The van der Waals surface area contributed by atoms with E-state index in [-0.39, 0.29) is 5.75 Å². The van der Waals surface area contributed by atoms with Gasteiger partial charge in [-0.3, -0.25) is 0 Å². The highest BCUT2D eigenvalue weighted by Crippen LogP contribution is 2.22. The topological polar surface area (TPSA) is 60.2 Å². The molecular formula is C12H12F3N3O2. The number of hydrogen-bond acceptors (Lipinski definition) is 4. The van der Waals surface area contributed by atoms with E-state index in [2.05, 4.69) is 15.0 Å². The monoisotopic (exact) mass is 287 g/mol. The molecule has 1 N–H and O–H groups in total. The van der Waals surface area contributed by atoms with Crippen molar-refractivity contribution in [1.82, 2.24) is 15.0 Å². The number of aromatic nitrogens is 3. The van der Waals surface area contributed by atoms with Crippen LogP contribution in [0.25, 0.3) is 0 Å². The smallest absolute Gasteiger partial charge is 0.406 e. The van der Waals surface area contributed by atoms with Crippen LogP contribution >= 0.6 is 0 Å². The number of nitrogens with zero attached hydrogens (tertiary/aromatic N) is 3. The van der Waals surface area contributed by atoms with Gasteiger partial charge < -0.3 is 9.84 Å². The highest BCUT2D eigenvalue weighted by atomic mass is 19.4. The Balaban J connectivity index is 2.03. The summed E-state index contributed by atoms with van der Waals surface area (Å²) in [5.41, 5.74) is 1.17. The van der Waals surface area contributed by atoms with E-state index in [1.165, 1.54) is 28.9 Å². The van der Waals surface area contributed by atoms with Crippen molar-refractivity contribution in [2.45, 2.75) is 25.9 Å². The zero-order chi connectivity index (χ0) is 14.8. The summed E-state index contributed by atoms with van der Waals surface area (Å²) >= 11 is 0. The Labute approximate surface area is 112 Å². The summed E-state index contributed by atoms with van der Waals surface area (Å²) in [6.07, 6.45) is -3.84. The average molecular weight is 287 g/mol. The Bertz CT molecular complexity index is 564. The molecule has 108 valence electrons. The van der Waals surface area contributed by atoms with Crippen LogP contribution in [0.1, 0.15) is 24.3 Å². The molecule has 1 aromatic carbocycles. The number of ether oxygens (including phenoxy) is 1. The SMILES string of the molecule is CC(O)c1cn(Cc2ccc(OC(F)(F)F)cc2)nn1. The van der Waals surface area contributed by atoms with Crippen LogP contribution in [-0.2, 0) is 6.54 Å². The maximum Gasteiger partial charge on any atom is 0.573 e. The highest BCUT2D eigenvalue weighted by Gasteiger charge is 2.30. The van der Waals surface area contributed by atoms with Gasteiger partial charge in [-0.25, -0.2) is 4.68 Å². The van der Waals surface area contributed by atoms with Gasteiger partial charge in [0.25, 0.3) is 0 Å². The lowest BCUT2D eigenvalue weighted by atomic mass is 10.2. The van der Waals surface area contributed by atoms with E-state index < -0.39 is 12.5 Å². The van der Waals surface area contributed by atoms with Gasteiger partial charge in [0.1, 0.15) is 11.4 Å². The Kier molecular flexibility index (Phi) is 3.93. The van der Waals surface area contributed by atoms with Crippen LogP contribution in [0.5, 0.6) is 5.75 Å². The molecule has 0 saturated heterocycles. The van der Waals surface area contributed by atoms with E-state index in [1.54, 1.807) is 13.1 Å². The molecule has 1 heterocycles. The normalized spacial score (nSPS) is 13.2. The number of aliphatic hydroxyl groups is 1. The molecule has 1 aromatic heterocycles. The van der Waals surface area contributed by atoms with Crippen LogP contribution in [0.15, 0.2) is 30.5 Å². The fraction of sp³-hybridized carbons (Fsp3) is 0.333. The highest BCUT2D eigenvalue weighted by molar-refractivity contribution is 5.27. The minimum atomic E-state index is -4.69. The molecule has 0 aliphatic rings. The molecule has 0 amide bonds. The summed E-state index contributed by atoms with van der Waals surface area (Å²) in [6, 6.07) is 5.47. The molecule has 0 radical (unpaired) electrons. The summed E-state index contributed by atoms with van der Waals surface area (Å²) in [7, 11) is 0. The van der Waals surface area contributed by atoms with Crippen molar-refractivity contribution < 1.29 is 23.0 Å². The van der Waals surface area contributed by atoms with Gasteiger partial charge in [-0.15, -0.1) is 18.3 Å². The maximum absolute atomic E-state index is 12.0. The lowest BCUT2D eigenvalue weighted by Gasteiger charge is -2.09. The first-order valence-corrected chi connectivity index (χ1v) is 5.76. The van der Waals surface area contributed by atoms with Crippen molar-refractivity contribution in [1.29, 1.82) is 0 Å².